The molecular formula is C12H19N3. The van der Waals surface area contributed by atoms with Crippen molar-refractivity contribution in [2.24, 2.45) is 0 Å². The number of benzene rings is 1. The molecule has 0 bridgehead atoms. The van der Waals surface area contributed by atoms with E-state index in [2.05, 4.69) is 40.9 Å². The molecule has 82 valence electrons. The van der Waals surface area contributed by atoms with E-state index in [1.807, 2.05) is 7.05 Å². The van der Waals surface area contributed by atoms with Crippen molar-refractivity contribution in [3.8, 4) is 0 Å². The summed E-state index contributed by atoms with van der Waals surface area (Å²) in [6.45, 7) is 4.30. The van der Waals surface area contributed by atoms with Crippen LogP contribution in [0.2, 0.25) is 0 Å². The third-order valence-electron chi connectivity index (χ3n) is 2.91. The smallest absolute Gasteiger partial charge is 0.0753 e. The third-order valence-corrected chi connectivity index (χ3v) is 2.91. The lowest BCUT2D eigenvalue weighted by atomic mass is 10.1. The molecule has 2 N–H and O–H groups in total. The molecule has 1 aliphatic rings. The van der Waals surface area contributed by atoms with Gasteiger partial charge in [-0.1, -0.05) is 13.0 Å². The number of anilines is 2. The maximum absolute atomic E-state index is 3.46. The normalized spacial score (nSPS) is 15.5. The Labute approximate surface area is 91.4 Å². The van der Waals surface area contributed by atoms with Crippen LogP contribution in [0.3, 0.4) is 0 Å². The first-order valence-corrected chi connectivity index (χ1v) is 5.67. The Morgan fingerprint density at radius 3 is 3.07 bits per heavy atom. The van der Waals surface area contributed by atoms with E-state index in [4.69, 9.17) is 0 Å². The molecule has 0 radical (unpaired) electrons. The monoisotopic (exact) mass is 205 g/mol. The van der Waals surface area contributed by atoms with Crippen LogP contribution in [0.4, 0.5) is 11.4 Å². The number of aryl methyl sites for hydroxylation is 1. The van der Waals surface area contributed by atoms with Crippen LogP contribution >= 0.6 is 0 Å². The van der Waals surface area contributed by atoms with Crippen LogP contribution in [0.25, 0.3) is 0 Å². The third kappa shape index (κ3) is 2.07. The molecule has 0 atom stereocenters. The van der Waals surface area contributed by atoms with Crippen molar-refractivity contribution in [3.63, 3.8) is 0 Å². The van der Waals surface area contributed by atoms with Crippen molar-refractivity contribution in [1.82, 2.24) is 5.43 Å². The standard InChI is InChI=1S/C12H19N3/c1-3-10-5-6-11-12(9-10)15(13-2)8-4-7-14-11/h5-6,9,13-14H,3-4,7-8H2,1-2H3. The minimum absolute atomic E-state index is 1.05. The summed E-state index contributed by atoms with van der Waals surface area (Å²) in [7, 11) is 1.98. The van der Waals surface area contributed by atoms with Crippen molar-refractivity contribution < 1.29 is 0 Å². The number of hydrogen-bond acceptors (Lipinski definition) is 3. The van der Waals surface area contributed by atoms with Crippen molar-refractivity contribution in [2.45, 2.75) is 19.8 Å². The fraction of sp³-hybridized carbons (Fsp3) is 0.500. The molecular weight excluding hydrogens is 186 g/mol. The highest BCUT2D eigenvalue weighted by Gasteiger charge is 2.13. The number of hydrogen-bond donors (Lipinski definition) is 2. The summed E-state index contributed by atoms with van der Waals surface area (Å²) < 4.78 is 0. The summed E-state index contributed by atoms with van der Waals surface area (Å²) in [5.74, 6) is 0. The molecule has 3 heteroatoms. The maximum atomic E-state index is 3.46. The lowest BCUT2D eigenvalue weighted by molar-refractivity contribution is 0.687. The first kappa shape index (κ1) is 10.3. The Morgan fingerprint density at radius 2 is 2.33 bits per heavy atom. The largest absolute Gasteiger partial charge is 0.383 e. The molecule has 1 aromatic carbocycles. The molecule has 1 aromatic rings. The number of hydrazine groups is 1. The number of nitrogens with zero attached hydrogens (tertiary/aromatic N) is 1. The molecule has 1 aliphatic heterocycles. The summed E-state index contributed by atoms with van der Waals surface area (Å²) in [5, 5.41) is 5.68. The number of fused-ring (bicyclic) bond motifs is 1. The predicted molar refractivity (Wildman–Crippen MR) is 65.3 cm³/mol. The lowest BCUT2D eigenvalue weighted by Crippen LogP contribution is -2.35. The summed E-state index contributed by atoms with van der Waals surface area (Å²) >= 11 is 0. The van der Waals surface area contributed by atoms with E-state index in [-0.39, 0.29) is 0 Å². The highest BCUT2D eigenvalue weighted by molar-refractivity contribution is 5.71. The fourth-order valence-corrected chi connectivity index (χ4v) is 1.98. The van der Waals surface area contributed by atoms with E-state index in [9.17, 15) is 0 Å². The van der Waals surface area contributed by atoms with Gasteiger partial charge in [-0.2, -0.15) is 0 Å². The van der Waals surface area contributed by atoms with Crippen molar-refractivity contribution in [3.05, 3.63) is 23.8 Å². The van der Waals surface area contributed by atoms with Crippen LogP contribution in [0.5, 0.6) is 0 Å². The van der Waals surface area contributed by atoms with Gasteiger partial charge in [-0.25, -0.2) is 5.43 Å². The molecule has 15 heavy (non-hydrogen) atoms. The SMILES string of the molecule is CCc1ccc2c(c1)N(NC)CCCN2. The van der Waals surface area contributed by atoms with Crippen molar-refractivity contribution in [2.75, 3.05) is 30.5 Å². The quantitative estimate of drug-likeness (QED) is 0.773. The van der Waals surface area contributed by atoms with Gasteiger partial charge in [0.2, 0.25) is 0 Å². The van der Waals surface area contributed by atoms with Crippen LogP contribution in [-0.4, -0.2) is 20.1 Å². The van der Waals surface area contributed by atoms with Crippen LogP contribution in [0.15, 0.2) is 18.2 Å². The second-order valence-electron chi connectivity index (χ2n) is 3.86. The zero-order chi connectivity index (χ0) is 10.7. The van der Waals surface area contributed by atoms with E-state index in [0.29, 0.717) is 0 Å². The topological polar surface area (TPSA) is 27.3 Å². The van der Waals surface area contributed by atoms with Gasteiger partial charge in [0.15, 0.2) is 0 Å². The van der Waals surface area contributed by atoms with E-state index in [1.165, 1.54) is 16.9 Å². The van der Waals surface area contributed by atoms with E-state index >= 15 is 0 Å². The average Bonchev–Trinajstić information content (AvgIpc) is 2.49. The molecule has 0 saturated heterocycles. The Morgan fingerprint density at radius 1 is 1.47 bits per heavy atom. The molecule has 0 spiro atoms. The average molecular weight is 205 g/mol. The predicted octanol–water partition coefficient (Wildman–Crippen LogP) is 2.01. The first-order chi connectivity index (χ1) is 7.35. The van der Waals surface area contributed by atoms with E-state index in [0.717, 1.165) is 25.9 Å². The van der Waals surface area contributed by atoms with Gasteiger partial charge in [0.25, 0.3) is 0 Å². The van der Waals surface area contributed by atoms with Gasteiger partial charge in [-0.05, 0) is 30.5 Å². The Balaban J connectivity index is 2.38. The second kappa shape index (κ2) is 4.53. The number of nitrogens with one attached hydrogen (secondary N) is 2. The van der Waals surface area contributed by atoms with Crippen molar-refractivity contribution in [1.29, 1.82) is 0 Å². The second-order valence-corrected chi connectivity index (χ2v) is 3.86. The summed E-state index contributed by atoms with van der Waals surface area (Å²) in [4.78, 5) is 0. The molecule has 0 aliphatic carbocycles. The molecule has 0 saturated carbocycles. The lowest BCUT2D eigenvalue weighted by Gasteiger charge is -2.23. The van der Waals surface area contributed by atoms with E-state index < -0.39 is 0 Å². The van der Waals surface area contributed by atoms with Gasteiger partial charge in [0.05, 0.1) is 11.4 Å². The van der Waals surface area contributed by atoms with Crippen LogP contribution < -0.4 is 15.8 Å². The molecule has 0 amide bonds. The molecule has 2 rings (SSSR count). The van der Waals surface area contributed by atoms with Gasteiger partial charge in [-0.15, -0.1) is 0 Å². The Hall–Kier alpha value is -1.22. The molecule has 0 aromatic heterocycles. The summed E-state index contributed by atoms with van der Waals surface area (Å²) in [6, 6.07) is 6.65. The van der Waals surface area contributed by atoms with Gasteiger partial charge in [-0.3, -0.25) is 0 Å². The molecule has 1 heterocycles. The zero-order valence-electron chi connectivity index (χ0n) is 9.51. The van der Waals surface area contributed by atoms with Gasteiger partial charge in [0, 0.05) is 20.1 Å². The summed E-state index contributed by atoms with van der Waals surface area (Å²) in [6.07, 6.45) is 2.25. The summed E-state index contributed by atoms with van der Waals surface area (Å²) in [5.41, 5.74) is 7.14. The highest BCUT2D eigenvalue weighted by Crippen LogP contribution is 2.28. The van der Waals surface area contributed by atoms with Gasteiger partial charge in [0.1, 0.15) is 0 Å². The van der Waals surface area contributed by atoms with Gasteiger partial charge < -0.3 is 10.3 Å². The molecule has 3 nitrogen and oxygen atoms in total. The minimum Gasteiger partial charge on any atom is -0.383 e. The van der Waals surface area contributed by atoms with Crippen molar-refractivity contribution >= 4 is 11.4 Å². The Bertz CT molecular complexity index is 336. The maximum Gasteiger partial charge on any atom is 0.0753 e. The molecule has 0 fully saturated rings. The van der Waals surface area contributed by atoms with Crippen LogP contribution in [-0.2, 0) is 6.42 Å². The Kier molecular flexibility index (Phi) is 3.11. The van der Waals surface area contributed by atoms with Gasteiger partial charge >= 0.3 is 0 Å². The zero-order valence-corrected chi connectivity index (χ0v) is 9.51. The molecule has 0 unspecified atom stereocenters. The fourth-order valence-electron chi connectivity index (χ4n) is 1.98. The highest BCUT2D eigenvalue weighted by atomic mass is 15.5. The number of rotatable bonds is 2. The van der Waals surface area contributed by atoms with Crippen LogP contribution in [0.1, 0.15) is 18.9 Å². The van der Waals surface area contributed by atoms with Crippen LogP contribution in [0, 0.1) is 0 Å². The van der Waals surface area contributed by atoms with E-state index in [1.54, 1.807) is 0 Å². The first-order valence-electron chi connectivity index (χ1n) is 5.67. The minimum atomic E-state index is 1.05.